The van der Waals surface area contributed by atoms with Gasteiger partial charge in [0.05, 0.1) is 0 Å². The van der Waals surface area contributed by atoms with E-state index < -0.39 is 32.4 Å². The number of hydrogen-bond donors (Lipinski definition) is 0. The molecule has 1 aromatic carbocycles. The molecule has 0 saturated carbocycles. The van der Waals surface area contributed by atoms with Crippen molar-refractivity contribution in [3.63, 3.8) is 0 Å². The van der Waals surface area contributed by atoms with Crippen molar-refractivity contribution in [3.8, 4) is 0 Å². The van der Waals surface area contributed by atoms with Crippen molar-refractivity contribution in [2.75, 3.05) is 31.1 Å². The maximum Gasteiger partial charge on any atom is 0.293 e. The lowest BCUT2D eigenvalue weighted by Crippen LogP contribution is -2.50. The van der Waals surface area contributed by atoms with E-state index in [1.807, 2.05) is 6.92 Å². The summed E-state index contributed by atoms with van der Waals surface area (Å²) in [6.07, 6.45) is 3.04. The number of anilines is 1. The number of nitrogens with zero attached hydrogens (tertiary/aromatic N) is 4. The first-order valence-corrected chi connectivity index (χ1v) is 9.65. The molecule has 11 heteroatoms. The zero-order chi connectivity index (χ0) is 19.8. The third kappa shape index (κ3) is 3.44. The van der Waals surface area contributed by atoms with E-state index in [2.05, 4.69) is 4.98 Å². The molecular weight excluding hydrogens is 385 g/mol. The van der Waals surface area contributed by atoms with Gasteiger partial charge in [-0.05, 0) is 19.1 Å². The molecule has 1 aromatic heterocycles. The Bertz CT molecular complexity index is 1020. The van der Waals surface area contributed by atoms with Crippen LogP contribution in [-0.4, -0.2) is 48.5 Å². The first kappa shape index (κ1) is 19.4. The number of hydrogen-bond acceptors (Lipinski definition) is 5. The summed E-state index contributed by atoms with van der Waals surface area (Å²) in [7, 11) is -4.34. The van der Waals surface area contributed by atoms with Gasteiger partial charge in [-0.25, -0.2) is 26.6 Å². The molecule has 0 aliphatic carbocycles. The summed E-state index contributed by atoms with van der Waals surface area (Å²) in [4.78, 5) is 17.1. The first-order valence-electron chi connectivity index (χ1n) is 8.21. The van der Waals surface area contributed by atoms with Gasteiger partial charge in [0.2, 0.25) is 10.0 Å². The Kier molecular flexibility index (Phi) is 5.24. The van der Waals surface area contributed by atoms with Crippen LogP contribution in [0.1, 0.15) is 6.92 Å². The number of piperazine rings is 1. The molecule has 3 rings (SSSR count). The summed E-state index contributed by atoms with van der Waals surface area (Å²) >= 11 is 0. The Morgan fingerprint density at radius 3 is 2.37 bits per heavy atom. The van der Waals surface area contributed by atoms with Gasteiger partial charge in [-0.3, -0.25) is 4.79 Å². The van der Waals surface area contributed by atoms with Gasteiger partial charge >= 0.3 is 0 Å². The summed E-state index contributed by atoms with van der Waals surface area (Å²) in [5.74, 6) is -4.83. The topological polar surface area (TPSA) is 75.5 Å². The number of benzene rings is 1. The highest BCUT2D eigenvalue weighted by molar-refractivity contribution is 7.89. The van der Waals surface area contributed by atoms with Crippen LogP contribution < -0.4 is 10.5 Å². The van der Waals surface area contributed by atoms with Crippen LogP contribution in [0, 0.1) is 17.5 Å². The molecule has 0 amide bonds. The van der Waals surface area contributed by atoms with Crippen molar-refractivity contribution in [1.82, 2.24) is 13.9 Å². The smallest absolute Gasteiger partial charge is 0.293 e. The van der Waals surface area contributed by atoms with E-state index in [-0.39, 0.29) is 37.6 Å². The molecule has 7 nitrogen and oxygen atoms in total. The molecular formula is C16H17F3N4O3S. The minimum absolute atomic E-state index is 0.0527. The number of aryl methyl sites for hydroxylation is 1. The summed E-state index contributed by atoms with van der Waals surface area (Å²) < 4.78 is 68.0. The molecule has 1 fully saturated rings. The van der Waals surface area contributed by atoms with Crippen LogP contribution >= 0.6 is 0 Å². The van der Waals surface area contributed by atoms with E-state index in [4.69, 9.17) is 0 Å². The predicted octanol–water partition coefficient (Wildman–Crippen LogP) is 1.19. The van der Waals surface area contributed by atoms with Gasteiger partial charge in [-0.15, -0.1) is 0 Å². The Balaban J connectivity index is 1.82. The van der Waals surface area contributed by atoms with Gasteiger partial charge in [0, 0.05) is 45.1 Å². The zero-order valence-electron chi connectivity index (χ0n) is 14.4. The molecule has 1 aliphatic heterocycles. The number of sulfonamides is 1. The zero-order valence-corrected chi connectivity index (χ0v) is 15.2. The molecule has 0 unspecified atom stereocenters. The van der Waals surface area contributed by atoms with Crippen molar-refractivity contribution in [3.05, 3.63) is 52.3 Å². The molecule has 2 aromatic rings. The minimum atomic E-state index is -4.34. The average molecular weight is 402 g/mol. The second kappa shape index (κ2) is 7.31. The van der Waals surface area contributed by atoms with Crippen molar-refractivity contribution >= 4 is 15.8 Å². The van der Waals surface area contributed by atoms with Crippen LogP contribution in [-0.2, 0) is 16.6 Å². The van der Waals surface area contributed by atoms with Gasteiger partial charge in [-0.2, -0.15) is 4.31 Å². The summed E-state index contributed by atoms with van der Waals surface area (Å²) in [5.41, 5.74) is -0.289. The monoisotopic (exact) mass is 402 g/mol. The number of halogens is 3. The third-order valence-corrected chi connectivity index (χ3v) is 6.31. The molecule has 1 aliphatic rings. The van der Waals surface area contributed by atoms with E-state index in [1.54, 1.807) is 11.1 Å². The van der Waals surface area contributed by atoms with E-state index >= 15 is 0 Å². The van der Waals surface area contributed by atoms with E-state index in [1.165, 1.54) is 10.8 Å². The third-order valence-electron chi connectivity index (χ3n) is 4.39. The predicted molar refractivity (Wildman–Crippen MR) is 91.5 cm³/mol. The fraction of sp³-hybridized carbons (Fsp3) is 0.375. The Morgan fingerprint density at radius 1 is 1.07 bits per heavy atom. The molecule has 0 radical (unpaired) electrons. The Morgan fingerprint density at radius 2 is 1.74 bits per heavy atom. The lowest BCUT2D eigenvalue weighted by molar-refractivity contribution is 0.376. The van der Waals surface area contributed by atoms with Crippen molar-refractivity contribution < 1.29 is 21.6 Å². The molecule has 0 N–H and O–H groups in total. The molecule has 0 atom stereocenters. The molecule has 0 bridgehead atoms. The highest BCUT2D eigenvalue weighted by atomic mass is 32.2. The highest BCUT2D eigenvalue weighted by Gasteiger charge is 2.33. The maximum absolute atomic E-state index is 13.9. The van der Waals surface area contributed by atoms with Crippen LogP contribution in [0.15, 0.2) is 34.2 Å². The van der Waals surface area contributed by atoms with E-state index in [9.17, 15) is 26.4 Å². The average Bonchev–Trinajstić information content (AvgIpc) is 2.66. The van der Waals surface area contributed by atoms with Gasteiger partial charge in [0.25, 0.3) is 5.56 Å². The fourth-order valence-corrected chi connectivity index (χ4v) is 4.37. The van der Waals surface area contributed by atoms with Crippen molar-refractivity contribution in [2.45, 2.75) is 18.4 Å². The summed E-state index contributed by atoms with van der Waals surface area (Å²) in [6, 6.07) is 1.27. The molecule has 1 saturated heterocycles. The lowest BCUT2D eigenvalue weighted by Gasteiger charge is -2.34. The van der Waals surface area contributed by atoms with Crippen LogP contribution in [0.4, 0.5) is 19.0 Å². The molecule has 27 heavy (non-hydrogen) atoms. The van der Waals surface area contributed by atoms with Crippen LogP contribution in [0.5, 0.6) is 0 Å². The largest absolute Gasteiger partial charge is 0.349 e. The van der Waals surface area contributed by atoms with Gasteiger partial charge < -0.3 is 9.47 Å². The van der Waals surface area contributed by atoms with Crippen molar-refractivity contribution in [2.24, 2.45) is 0 Å². The fourth-order valence-electron chi connectivity index (χ4n) is 2.89. The molecule has 146 valence electrons. The molecule has 0 spiro atoms. The summed E-state index contributed by atoms with van der Waals surface area (Å²) in [6.45, 7) is 2.48. The van der Waals surface area contributed by atoms with Gasteiger partial charge in [-0.1, -0.05) is 0 Å². The lowest BCUT2D eigenvalue weighted by atomic mass is 10.3. The van der Waals surface area contributed by atoms with Crippen molar-refractivity contribution in [1.29, 1.82) is 0 Å². The van der Waals surface area contributed by atoms with E-state index in [0.717, 1.165) is 4.31 Å². The standard InChI is InChI=1S/C16H17F3N4O3S/c1-2-21-6-5-20-15(16(21)24)22-7-9-23(10-8-22)27(25,26)12-4-3-11(17)13(18)14(12)19/h3-6H,2,7-10H2,1H3. The second-order valence-electron chi connectivity index (χ2n) is 5.91. The van der Waals surface area contributed by atoms with Crippen LogP contribution in [0.25, 0.3) is 0 Å². The Labute approximate surface area is 153 Å². The second-order valence-corrected chi connectivity index (χ2v) is 7.81. The van der Waals surface area contributed by atoms with Crippen LogP contribution in [0.2, 0.25) is 0 Å². The number of aromatic nitrogens is 2. The van der Waals surface area contributed by atoms with Gasteiger partial charge in [0.15, 0.2) is 23.3 Å². The normalized spacial score (nSPS) is 15.9. The Hall–Kier alpha value is -2.40. The molecule has 2 heterocycles. The van der Waals surface area contributed by atoms with Gasteiger partial charge in [0.1, 0.15) is 4.90 Å². The van der Waals surface area contributed by atoms with E-state index in [0.29, 0.717) is 18.7 Å². The maximum atomic E-state index is 13.9. The summed E-state index contributed by atoms with van der Waals surface area (Å²) in [5, 5.41) is 0. The minimum Gasteiger partial charge on any atom is -0.349 e. The SMILES string of the molecule is CCn1ccnc(N2CCN(S(=O)(=O)c3ccc(F)c(F)c3F)CC2)c1=O. The first-order chi connectivity index (χ1) is 12.8. The quantitative estimate of drug-likeness (QED) is 0.719. The number of rotatable bonds is 4. The van der Waals surface area contributed by atoms with Crippen LogP contribution in [0.3, 0.4) is 0 Å². The highest BCUT2D eigenvalue weighted by Crippen LogP contribution is 2.24.